The molecule has 4 aromatic rings. The van der Waals surface area contributed by atoms with Crippen LogP contribution in [0.4, 0.5) is 13.2 Å². The highest BCUT2D eigenvalue weighted by Crippen LogP contribution is 2.42. The van der Waals surface area contributed by atoms with E-state index in [0.717, 1.165) is 16.7 Å². The van der Waals surface area contributed by atoms with Gasteiger partial charge in [0, 0.05) is 24.9 Å². The molecule has 0 saturated carbocycles. The topological polar surface area (TPSA) is 86.1 Å². The lowest BCUT2D eigenvalue weighted by Gasteiger charge is -2.29. The maximum atomic E-state index is 13.3. The van der Waals surface area contributed by atoms with E-state index in [1.165, 1.54) is 31.0 Å². The quantitative estimate of drug-likeness (QED) is 0.276. The monoisotopic (exact) mass is 535 g/mol. The molecule has 1 aromatic heterocycles. The van der Waals surface area contributed by atoms with Crippen LogP contribution in [0.2, 0.25) is 0 Å². The average Bonchev–Trinajstić information content (AvgIpc) is 3.19. The van der Waals surface area contributed by atoms with Gasteiger partial charge >= 0.3 is 17.6 Å². The molecule has 1 aliphatic rings. The number of aromatic amines is 1. The number of Topliss-reactive ketones (excluding diaryl/α,β-unsaturated/α-hetero) is 1. The van der Waals surface area contributed by atoms with Crippen LogP contribution < -0.4 is 16.1 Å². The highest BCUT2D eigenvalue weighted by Gasteiger charge is 2.32. The van der Waals surface area contributed by atoms with Crippen molar-refractivity contribution in [1.82, 2.24) is 14.3 Å². The maximum absolute atomic E-state index is 13.3. The molecule has 0 unspecified atom stereocenters. The summed E-state index contributed by atoms with van der Waals surface area (Å²) in [5, 5.41) is 2.56. The molecule has 0 bridgehead atoms. The number of rotatable bonds is 6. The van der Waals surface area contributed by atoms with E-state index in [2.05, 4.69) is 5.10 Å². The van der Waals surface area contributed by atoms with Crippen molar-refractivity contribution in [2.75, 3.05) is 7.11 Å². The molecule has 3 aromatic carbocycles. The second-order valence-corrected chi connectivity index (χ2v) is 9.30. The summed E-state index contributed by atoms with van der Waals surface area (Å²) in [7, 11) is 2.89. The van der Waals surface area contributed by atoms with E-state index in [9.17, 15) is 27.6 Å². The summed E-state index contributed by atoms with van der Waals surface area (Å²) in [6, 6.07) is 16.2. The van der Waals surface area contributed by atoms with Gasteiger partial charge in [-0.15, -0.1) is 0 Å². The van der Waals surface area contributed by atoms with Crippen molar-refractivity contribution >= 4 is 5.78 Å². The zero-order chi connectivity index (χ0) is 27.9. The van der Waals surface area contributed by atoms with E-state index in [1.54, 1.807) is 54.6 Å². The van der Waals surface area contributed by atoms with Crippen molar-refractivity contribution in [3.63, 3.8) is 0 Å². The Labute approximate surface area is 220 Å². The Bertz CT molecular complexity index is 1680. The van der Waals surface area contributed by atoms with E-state index in [1.807, 2.05) is 0 Å². The molecule has 1 aliphatic carbocycles. The van der Waals surface area contributed by atoms with E-state index < -0.39 is 35.1 Å². The summed E-state index contributed by atoms with van der Waals surface area (Å²) in [4.78, 5) is 38.2. The number of fused-ring (bicyclic) bond motifs is 1. The summed E-state index contributed by atoms with van der Waals surface area (Å²) in [6.07, 6.45) is -0.835. The number of carbonyl (C=O) groups excluding carboxylic acids is 1. The lowest BCUT2D eigenvalue weighted by molar-refractivity contribution is -0.137. The molecule has 0 fully saturated rings. The fraction of sp³-hybridized carbons (Fsp3) is 0.207. The number of halogens is 3. The smallest absolute Gasteiger partial charge is 0.416 e. The van der Waals surface area contributed by atoms with Gasteiger partial charge in [0.25, 0.3) is 0 Å². The van der Waals surface area contributed by atoms with Crippen LogP contribution in [-0.2, 0) is 13.2 Å². The van der Waals surface area contributed by atoms with Crippen LogP contribution in [0.1, 0.15) is 45.4 Å². The molecule has 5 rings (SSSR count). The minimum absolute atomic E-state index is 0.0837. The van der Waals surface area contributed by atoms with Crippen molar-refractivity contribution < 1.29 is 22.7 Å². The molecule has 1 heterocycles. The number of carbonyl (C=O) groups is 1. The number of hydrogen-bond acceptors (Lipinski definition) is 4. The third-order valence-electron chi connectivity index (χ3n) is 6.99. The normalized spacial score (nSPS) is 16.6. The minimum atomic E-state index is -4.48. The number of benzene rings is 3. The first-order chi connectivity index (χ1) is 18.6. The third kappa shape index (κ3) is 4.85. The fourth-order valence-electron chi connectivity index (χ4n) is 4.94. The van der Waals surface area contributed by atoms with E-state index in [-0.39, 0.29) is 12.2 Å². The lowest BCUT2D eigenvalue weighted by atomic mass is 9.78. The standard InChI is InChI=1S/C29H24F3N3O4/c1-34-27(37)33-35(28(34)38)24-15-10-19(16-25(36)18-8-13-21(39-2)14-9-18)26-22(4-3-5-23(24)26)17-6-11-20(12-7-17)29(30,31)32/h3-15,19,24H,16H2,1-2H3,(H,33,37)/t19-,24-/m0/s1. The molecule has 200 valence electrons. The number of ether oxygens (including phenoxy) is 1. The molecule has 1 N–H and O–H groups in total. The van der Waals surface area contributed by atoms with Crippen LogP contribution in [0.3, 0.4) is 0 Å². The molecular weight excluding hydrogens is 511 g/mol. The summed E-state index contributed by atoms with van der Waals surface area (Å²) in [5.74, 6) is 0.0453. The summed E-state index contributed by atoms with van der Waals surface area (Å²) in [6.45, 7) is 0. The molecule has 0 amide bonds. The number of H-pyrrole nitrogens is 1. The fourth-order valence-corrected chi connectivity index (χ4v) is 4.94. The number of nitrogens with one attached hydrogen (secondary N) is 1. The Morgan fingerprint density at radius 2 is 1.67 bits per heavy atom. The second kappa shape index (κ2) is 9.94. The zero-order valence-corrected chi connectivity index (χ0v) is 21.0. The number of aromatic nitrogens is 3. The highest BCUT2D eigenvalue weighted by molar-refractivity contribution is 5.97. The SMILES string of the molecule is COc1ccc(C(=O)C[C@@H]2C=C[C@H](n3[nH]c(=O)n(C)c3=O)c3cccc(-c4ccc(C(F)(F)F)cc4)c32)cc1. The number of allylic oxidation sites excluding steroid dienone is 2. The first-order valence-electron chi connectivity index (χ1n) is 12.1. The van der Waals surface area contributed by atoms with Crippen LogP contribution in [0.5, 0.6) is 5.75 Å². The van der Waals surface area contributed by atoms with Crippen molar-refractivity contribution in [2.24, 2.45) is 7.05 Å². The predicted octanol–water partition coefficient (Wildman–Crippen LogP) is 5.09. The van der Waals surface area contributed by atoms with Crippen LogP contribution in [0.15, 0.2) is 88.5 Å². The van der Waals surface area contributed by atoms with Gasteiger partial charge in [-0.25, -0.2) is 23.9 Å². The average molecular weight is 536 g/mol. The van der Waals surface area contributed by atoms with Crippen LogP contribution in [0.25, 0.3) is 11.1 Å². The van der Waals surface area contributed by atoms with Crippen LogP contribution >= 0.6 is 0 Å². The molecule has 0 spiro atoms. The van der Waals surface area contributed by atoms with Gasteiger partial charge in [-0.1, -0.05) is 42.5 Å². The Kier molecular flexibility index (Phi) is 6.63. The molecule has 10 heteroatoms. The van der Waals surface area contributed by atoms with E-state index >= 15 is 0 Å². The molecular formula is C29H24F3N3O4. The highest BCUT2D eigenvalue weighted by atomic mass is 19.4. The van der Waals surface area contributed by atoms with Gasteiger partial charge in [0.1, 0.15) is 5.75 Å². The Morgan fingerprint density at radius 1 is 0.974 bits per heavy atom. The maximum Gasteiger partial charge on any atom is 0.416 e. The first-order valence-corrected chi connectivity index (χ1v) is 12.1. The summed E-state index contributed by atoms with van der Waals surface area (Å²) in [5.41, 5.74) is 1.12. The van der Waals surface area contributed by atoms with Crippen molar-refractivity contribution in [3.05, 3.63) is 122 Å². The van der Waals surface area contributed by atoms with Gasteiger partial charge in [-0.2, -0.15) is 13.2 Å². The van der Waals surface area contributed by atoms with Crippen LogP contribution in [-0.4, -0.2) is 27.2 Å². The van der Waals surface area contributed by atoms with E-state index in [4.69, 9.17) is 4.74 Å². The number of hydrogen-bond donors (Lipinski definition) is 1. The third-order valence-corrected chi connectivity index (χ3v) is 6.99. The predicted molar refractivity (Wildman–Crippen MR) is 139 cm³/mol. The second-order valence-electron chi connectivity index (χ2n) is 9.30. The lowest BCUT2D eigenvalue weighted by Crippen LogP contribution is -2.30. The van der Waals surface area contributed by atoms with Gasteiger partial charge in [-0.3, -0.25) is 4.79 Å². The number of ketones is 1. The Balaban J connectivity index is 1.62. The number of nitrogens with zero attached hydrogens (tertiary/aromatic N) is 2. The molecule has 0 radical (unpaired) electrons. The number of methoxy groups -OCH3 is 1. The largest absolute Gasteiger partial charge is 0.497 e. The van der Waals surface area contributed by atoms with Gasteiger partial charge in [0.15, 0.2) is 5.78 Å². The van der Waals surface area contributed by atoms with Gasteiger partial charge < -0.3 is 4.74 Å². The summed E-state index contributed by atoms with van der Waals surface area (Å²) < 4.78 is 46.9. The zero-order valence-electron chi connectivity index (χ0n) is 21.0. The van der Waals surface area contributed by atoms with E-state index in [0.29, 0.717) is 33.6 Å². The minimum Gasteiger partial charge on any atom is -0.497 e. The Hall–Kier alpha value is -4.60. The molecule has 39 heavy (non-hydrogen) atoms. The molecule has 0 aliphatic heterocycles. The van der Waals surface area contributed by atoms with Gasteiger partial charge in [-0.05, 0) is 58.7 Å². The number of alkyl halides is 3. The summed E-state index contributed by atoms with van der Waals surface area (Å²) >= 11 is 0. The van der Waals surface area contributed by atoms with Crippen LogP contribution in [0, 0.1) is 0 Å². The van der Waals surface area contributed by atoms with Crippen molar-refractivity contribution in [1.29, 1.82) is 0 Å². The van der Waals surface area contributed by atoms with Crippen molar-refractivity contribution in [2.45, 2.75) is 24.6 Å². The molecule has 2 atom stereocenters. The molecule has 7 nitrogen and oxygen atoms in total. The first kappa shape index (κ1) is 26.0. The van der Waals surface area contributed by atoms with Gasteiger partial charge in [0.05, 0.1) is 18.7 Å². The van der Waals surface area contributed by atoms with Gasteiger partial charge in [0.2, 0.25) is 0 Å². The molecule has 0 saturated heterocycles. The Morgan fingerprint density at radius 3 is 2.26 bits per heavy atom. The van der Waals surface area contributed by atoms with Crippen molar-refractivity contribution in [3.8, 4) is 16.9 Å².